The molecule has 0 bridgehead atoms. The van der Waals surface area contributed by atoms with E-state index in [1.54, 1.807) is 127 Å². The van der Waals surface area contributed by atoms with Gasteiger partial charge in [0.1, 0.15) is 102 Å². The lowest BCUT2D eigenvalue weighted by molar-refractivity contribution is -0.150. The summed E-state index contributed by atoms with van der Waals surface area (Å²) in [4.78, 5) is 94.0. The quantitative estimate of drug-likeness (QED) is 0.0112. The van der Waals surface area contributed by atoms with E-state index >= 15 is 0 Å². The average molecular weight is 1810 g/mol. The third kappa shape index (κ3) is 16.8. The van der Waals surface area contributed by atoms with Gasteiger partial charge < -0.3 is 32.2 Å². The van der Waals surface area contributed by atoms with Crippen LogP contribution in [0.3, 0.4) is 0 Å². The Kier molecular flexibility index (Phi) is 23.5. The van der Waals surface area contributed by atoms with Gasteiger partial charge in [-0.15, -0.1) is 0 Å². The second-order valence-corrected chi connectivity index (χ2v) is 31.7. The number of pyridine rings is 4. The number of amides is 3. The molecule has 40 heteroatoms. The van der Waals surface area contributed by atoms with Crippen molar-refractivity contribution in [3.8, 4) is 40.6 Å². The maximum Gasteiger partial charge on any atom is 0.322 e. The average Bonchev–Trinajstić information content (AvgIpc) is 1.60. The first kappa shape index (κ1) is 86.3. The summed E-state index contributed by atoms with van der Waals surface area (Å²) in [5.74, 6) is -3.33. The zero-order valence-electron chi connectivity index (χ0n) is 67.4. The Morgan fingerprint density at radius 2 is 0.864 bits per heavy atom. The molecule has 8 N–H and O–H groups in total. The van der Waals surface area contributed by atoms with E-state index in [1.165, 1.54) is 88.2 Å². The number of carbonyl (C=O) groups excluding carboxylic acids is 4. The van der Waals surface area contributed by atoms with Crippen LogP contribution in [0.25, 0.3) is 83.5 Å². The van der Waals surface area contributed by atoms with Crippen molar-refractivity contribution in [3.05, 3.63) is 259 Å². The van der Waals surface area contributed by atoms with Gasteiger partial charge in [0.05, 0.1) is 101 Å². The molecule has 0 fully saturated rings. The number of fused-ring (bicyclic) bond motifs is 7. The Hall–Kier alpha value is -15.1. The number of carbonyl (C=O) groups is 4. The lowest BCUT2D eigenvalue weighted by atomic mass is 9.86. The van der Waals surface area contributed by atoms with Gasteiger partial charge in [-0.05, 0) is 127 Å². The van der Waals surface area contributed by atoms with Crippen LogP contribution in [0, 0.1) is 79.0 Å². The Morgan fingerprint density at radius 3 is 1.26 bits per heavy atom. The molecule has 3 aliphatic heterocycles. The normalized spacial score (nSPS) is 13.8. The van der Waals surface area contributed by atoms with Crippen LogP contribution in [0.1, 0.15) is 100 Å². The summed E-state index contributed by atoms with van der Waals surface area (Å²) >= 11 is 2.06. The van der Waals surface area contributed by atoms with Crippen LogP contribution in [-0.2, 0) is 66.3 Å². The van der Waals surface area contributed by atoms with Crippen molar-refractivity contribution in [2.24, 2.45) is 11.1 Å². The summed E-state index contributed by atoms with van der Waals surface area (Å²) in [5, 5.41) is 43.4. The van der Waals surface area contributed by atoms with Gasteiger partial charge in [0.2, 0.25) is 17.7 Å². The SMILES string of the molecule is CC1(C)C(=O)Nc2nc(-c3nn(Cc4ccccc4F)c4ncc(F)cc34)nc(I)c21.CC1(C)C(=O)Nc2nc(-c3nn(Cc4ccccc4F)c4ncc(F)cc34)nc(N)c21.CC1(C)C(=O)Nc2nc(-c3nn(Cc4ccccc4F)c4ncc(F)cc34)ncc21.N=C(N)c1nn(Cc2ccccc2F)c2ncc(F)cc12.[C-]#[N+]C(C#N)C(C)(C)C(=O)OC. The lowest BCUT2D eigenvalue weighted by Gasteiger charge is -2.17. The summed E-state index contributed by atoms with van der Waals surface area (Å²) < 4.78 is 122. The molecular weight excluding hydrogens is 1740 g/mol. The summed E-state index contributed by atoms with van der Waals surface area (Å²) in [5.41, 5.74) is 14.1. The second kappa shape index (κ2) is 34.1. The fourth-order valence-corrected chi connectivity index (χ4v) is 15.0. The molecule has 3 amide bonds. The monoisotopic (exact) mass is 1810 g/mol. The van der Waals surface area contributed by atoms with Crippen molar-refractivity contribution in [2.75, 3.05) is 28.8 Å². The van der Waals surface area contributed by atoms with E-state index in [0.717, 1.165) is 24.8 Å². The van der Waals surface area contributed by atoms with E-state index in [9.17, 15) is 54.3 Å². The second-order valence-electron chi connectivity index (χ2n) is 30.7. The number of esters is 1. The molecule has 632 valence electrons. The zero-order chi connectivity index (χ0) is 89.6. The number of hydrogen-bond acceptors (Lipinski definition) is 22. The Labute approximate surface area is 717 Å². The van der Waals surface area contributed by atoms with E-state index in [2.05, 4.69) is 118 Å². The molecule has 125 heavy (non-hydrogen) atoms. The van der Waals surface area contributed by atoms with E-state index in [-0.39, 0.29) is 102 Å². The fourth-order valence-electron chi connectivity index (χ4n) is 13.8. The third-order valence-electron chi connectivity index (χ3n) is 20.8. The van der Waals surface area contributed by atoms with Crippen LogP contribution < -0.4 is 27.4 Å². The zero-order valence-corrected chi connectivity index (χ0v) is 69.5. The van der Waals surface area contributed by atoms with Crippen molar-refractivity contribution in [1.82, 2.24) is 89.0 Å². The van der Waals surface area contributed by atoms with Crippen molar-refractivity contribution in [2.45, 2.75) is 104 Å². The standard InChI is InChI=1S/C21H15F2IN6O.C21H17F2N7O.C21H16F2N6O.C14H11F2N5.C8H10N2O2/c2*1-21(2)14-16(24)26-18(27-17(14)28-20(21)31)15-12-7-11(22)8-25-19(12)30(29-15)9-10-5-3-4-6-13(10)23;1-21(2)14-9-24-18(26-17(14)27-20(21)30)16-13-7-12(22)8-25-19(13)29(28-16)10-11-5-3-4-6-15(11)23;15-9-5-10-12(13(17)18)20-21(14(10)19-6-9)7-8-3-1-2-4-11(8)16;1-8(2,7(11)12-4)6(5-9)10-3/h3-8H,9H2,1-2H3,(H,26,27,28,31);3-8H,9H2,1-2H3,(H3,24,26,27,28,31);3-9H,10H2,1-2H3,(H,24,26,27,30);1-6H,7H2,(H3,17,18);6H,1-2,4H3. The molecule has 4 aromatic carbocycles. The van der Waals surface area contributed by atoms with Crippen LogP contribution in [0.4, 0.5) is 58.4 Å². The minimum Gasteiger partial charge on any atom is -0.468 e. The van der Waals surface area contributed by atoms with Gasteiger partial charge in [0.15, 0.2) is 51.5 Å². The topological polar surface area (TPSA) is 418 Å². The summed E-state index contributed by atoms with van der Waals surface area (Å²) in [7, 11) is 1.24. The fraction of sp³-hybridized carbons (Fsp3) is 0.212. The number of halogens is 9. The molecule has 1 unspecified atom stereocenters. The van der Waals surface area contributed by atoms with Gasteiger partial charge in [0.25, 0.3) is 0 Å². The van der Waals surface area contributed by atoms with Crippen LogP contribution in [0.2, 0.25) is 0 Å². The highest BCUT2D eigenvalue weighted by Crippen LogP contribution is 2.44. The molecule has 1 atom stereocenters. The van der Waals surface area contributed by atoms with Crippen molar-refractivity contribution in [3.63, 3.8) is 0 Å². The van der Waals surface area contributed by atoms with Gasteiger partial charge in [-0.25, -0.2) is 110 Å². The summed E-state index contributed by atoms with van der Waals surface area (Å²) in [6, 6.07) is 31.1. The molecule has 0 saturated carbocycles. The number of aromatic nitrogens is 18. The number of ether oxygens (including phenoxy) is 1. The van der Waals surface area contributed by atoms with Crippen LogP contribution >= 0.6 is 22.6 Å². The van der Waals surface area contributed by atoms with E-state index in [0.29, 0.717) is 116 Å². The molecule has 18 rings (SSSR count). The predicted octanol–water partition coefficient (Wildman–Crippen LogP) is 13.6. The van der Waals surface area contributed by atoms with Crippen LogP contribution in [-0.4, -0.2) is 132 Å². The number of methoxy groups -OCH3 is 1. The Balaban J connectivity index is 0.000000131. The first-order valence-electron chi connectivity index (χ1n) is 37.7. The number of benzene rings is 4. The number of hydrogen-bond donors (Lipinski definition) is 6. The highest BCUT2D eigenvalue weighted by molar-refractivity contribution is 14.1. The van der Waals surface area contributed by atoms with Crippen molar-refractivity contribution >= 4 is 120 Å². The van der Waals surface area contributed by atoms with Gasteiger partial charge in [0, 0.05) is 39.6 Å². The molecule has 15 aromatic rings. The number of rotatable bonds is 14. The highest BCUT2D eigenvalue weighted by Gasteiger charge is 2.46. The van der Waals surface area contributed by atoms with E-state index in [1.807, 2.05) is 0 Å². The lowest BCUT2D eigenvalue weighted by Crippen LogP contribution is -2.35. The van der Waals surface area contributed by atoms with Crippen molar-refractivity contribution in [1.29, 1.82) is 10.7 Å². The highest BCUT2D eigenvalue weighted by atomic mass is 127. The predicted molar refractivity (Wildman–Crippen MR) is 450 cm³/mol. The Morgan fingerprint density at radius 1 is 0.520 bits per heavy atom. The van der Waals surface area contributed by atoms with Gasteiger partial charge in [-0.2, -0.15) is 25.7 Å². The molecule has 0 spiro atoms. The van der Waals surface area contributed by atoms with Gasteiger partial charge >= 0.3 is 12.0 Å². The van der Waals surface area contributed by atoms with Gasteiger partial charge in [-0.1, -0.05) is 72.8 Å². The van der Waals surface area contributed by atoms with Crippen LogP contribution in [0.15, 0.2) is 152 Å². The number of nitrogens with two attached hydrogens (primary N) is 2. The first-order valence-corrected chi connectivity index (χ1v) is 38.8. The number of nitrogen functional groups attached to an aromatic ring is 2. The first-order chi connectivity index (χ1) is 59.4. The molecule has 0 aliphatic carbocycles. The number of anilines is 4. The molecule has 11 aromatic heterocycles. The maximum absolute atomic E-state index is 14.2. The molecule has 3 aliphatic rings. The molecule has 0 radical (unpaired) electrons. The number of nitriles is 1. The van der Waals surface area contributed by atoms with E-state index < -0.39 is 62.8 Å². The molecular formula is C85H69F8IN26O5. The maximum atomic E-state index is 14.2. The molecule has 14 heterocycles. The summed E-state index contributed by atoms with van der Waals surface area (Å²) in [6.07, 6.45) is 5.85. The van der Waals surface area contributed by atoms with Crippen molar-refractivity contribution < 1.29 is 59.0 Å². The number of nitrogens with zero attached hydrogens (tertiary/aromatic N) is 20. The van der Waals surface area contributed by atoms with Crippen LogP contribution in [0.5, 0.6) is 0 Å². The van der Waals surface area contributed by atoms with Gasteiger partial charge in [-0.3, -0.25) is 29.4 Å². The molecule has 31 nitrogen and oxygen atoms in total. The number of nitrogens with one attached hydrogen (secondary N) is 4. The minimum atomic E-state index is -1.05. The largest absolute Gasteiger partial charge is 0.468 e. The Bertz CT molecular complexity index is 6790. The smallest absolute Gasteiger partial charge is 0.322 e. The number of amidine groups is 1. The van der Waals surface area contributed by atoms with E-state index in [4.69, 9.17) is 28.7 Å². The summed E-state index contributed by atoms with van der Waals surface area (Å²) in [6.45, 7) is 20.8. The minimum absolute atomic E-state index is 0.0754. The third-order valence-corrected chi connectivity index (χ3v) is 21.6. The molecule has 0 saturated heterocycles.